The van der Waals surface area contributed by atoms with Crippen molar-refractivity contribution in [2.75, 3.05) is 6.54 Å². The maximum absolute atomic E-state index is 13.6. The quantitative estimate of drug-likeness (QED) is 0.101. The molecule has 1 aliphatic heterocycles. The first-order chi connectivity index (χ1) is 21.3. The minimum absolute atomic E-state index is 0.0216. The van der Waals surface area contributed by atoms with Crippen LogP contribution in [0.15, 0.2) is 95.7 Å². The van der Waals surface area contributed by atoms with Gasteiger partial charge in [-0.3, -0.25) is 14.5 Å². The number of para-hydroxylation sites is 1. The molecule has 0 aliphatic carbocycles. The maximum Gasteiger partial charge on any atom is 0.271 e. The summed E-state index contributed by atoms with van der Waals surface area (Å²) >= 11 is 12.3. The maximum atomic E-state index is 13.6. The van der Waals surface area contributed by atoms with E-state index in [0.717, 1.165) is 29.7 Å². The van der Waals surface area contributed by atoms with Crippen molar-refractivity contribution in [2.45, 2.75) is 39.7 Å². The zero-order valence-corrected chi connectivity index (χ0v) is 25.9. The molecule has 2 heterocycles. The number of nitrogens with zero attached hydrogens (tertiary/aromatic N) is 4. The molecule has 0 saturated heterocycles. The number of benzene rings is 3. The molecule has 0 unspecified atom stereocenters. The Labute approximate surface area is 266 Å². The predicted molar refractivity (Wildman–Crippen MR) is 172 cm³/mol. The van der Waals surface area contributed by atoms with Crippen LogP contribution in [0.25, 0.3) is 23.0 Å². The summed E-state index contributed by atoms with van der Waals surface area (Å²) in [5.74, 6) is -0.312. The lowest BCUT2D eigenvalue weighted by atomic mass is 9.93. The summed E-state index contributed by atoms with van der Waals surface area (Å²) in [7, 11) is 0. The number of carbonyl (C=O) groups is 2. The van der Waals surface area contributed by atoms with E-state index in [4.69, 9.17) is 33.0 Å². The number of amides is 2. The first kappa shape index (κ1) is 30.8. The van der Waals surface area contributed by atoms with Gasteiger partial charge in [-0.2, -0.15) is 10.4 Å². The van der Waals surface area contributed by atoms with Crippen LogP contribution >= 0.6 is 23.2 Å². The second kappa shape index (κ2) is 13.8. The minimum atomic E-state index is -0.543. The van der Waals surface area contributed by atoms with E-state index in [-0.39, 0.29) is 18.7 Å². The van der Waals surface area contributed by atoms with Crippen molar-refractivity contribution in [1.82, 2.24) is 14.7 Å². The van der Waals surface area contributed by atoms with Gasteiger partial charge in [0.05, 0.1) is 11.4 Å². The zero-order chi connectivity index (χ0) is 31.2. The third-order valence-corrected chi connectivity index (χ3v) is 8.00. The Hall–Kier alpha value is -4.64. The summed E-state index contributed by atoms with van der Waals surface area (Å²) in [5.41, 5.74) is 4.38. The van der Waals surface area contributed by atoms with Crippen LogP contribution in [0, 0.1) is 11.3 Å². The number of carbonyl (C=O) groups excluding carboxylic acids is 2. The van der Waals surface area contributed by atoms with Gasteiger partial charge >= 0.3 is 0 Å². The van der Waals surface area contributed by atoms with E-state index in [9.17, 15) is 14.9 Å². The van der Waals surface area contributed by atoms with Crippen molar-refractivity contribution in [3.8, 4) is 28.8 Å². The number of nitriles is 1. The van der Waals surface area contributed by atoms with Crippen LogP contribution in [0.3, 0.4) is 0 Å². The molecular weight excluding hydrogens is 595 g/mol. The number of unbranched alkanes of at least 4 members (excludes halogenated alkanes) is 2. The minimum Gasteiger partial charge on any atom is -0.489 e. The highest BCUT2D eigenvalue weighted by molar-refractivity contribution is 6.35. The van der Waals surface area contributed by atoms with Gasteiger partial charge in [-0.1, -0.05) is 67.2 Å². The summed E-state index contributed by atoms with van der Waals surface area (Å²) in [6.07, 6.45) is 6.06. The van der Waals surface area contributed by atoms with Crippen molar-refractivity contribution in [2.24, 2.45) is 0 Å². The summed E-state index contributed by atoms with van der Waals surface area (Å²) in [5, 5.41) is 15.8. The Morgan fingerprint density at radius 2 is 1.73 bits per heavy atom. The fraction of sp³-hybridized carbons (Fsp3) is 0.200. The molecule has 0 radical (unpaired) electrons. The van der Waals surface area contributed by atoms with E-state index in [1.54, 1.807) is 29.8 Å². The van der Waals surface area contributed by atoms with Crippen molar-refractivity contribution >= 4 is 41.1 Å². The Morgan fingerprint density at radius 1 is 0.977 bits per heavy atom. The van der Waals surface area contributed by atoms with Gasteiger partial charge in [0, 0.05) is 45.1 Å². The van der Waals surface area contributed by atoms with Gasteiger partial charge < -0.3 is 4.74 Å². The molecule has 1 aromatic heterocycles. The third-order valence-electron chi connectivity index (χ3n) is 7.41. The Kier molecular flexibility index (Phi) is 9.64. The molecule has 1 aliphatic rings. The highest BCUT2D eigenvalue weighted by Gasteiger charge is 2.35. The topological polar surface area (TPSA) is 88.2 Å². The van der Waals surface area contributed by atoms with Gasteiger partial charge in [-0.15, -0.1) is 0 Å². The van der Waals surface area contributed by atoms with Gasteiger partial charge in [0.15, 0.2) is 0 Å². The molecule has 2 amide bonds. The lowest BCUT2D eigenvalue weighted by Gasteiger charge is -2.27. The average molecular weight is 626 g/mol. The molecule has 4 aromatic rings. The van der Waals surface area contributed by atoms with Gasteiger partial charge in [0.2, 0.25) is 0 Å². The summed E-state index contributed by atoms with van der Waals surface area (Å²) in [4.78, 5) is 27.8. The third kappa shape index (κ3) is 6.62. The van der Waals surface area contributed by atoms with Crippen LogP contribution in [0.2, 0.25) is 10.0 Å². The van der Waals surface area contributed by atoms with Crippen LogP contribution in [0.4, 0.5) is 0 Å². The lowest BCUT2D eigenvalue weighted by molar-refractivity contribution is -0.140. The number of ether oxygens (including phenoxy) is 1. The van der Waals surface area contributed by atoms with Gasteiger partial charge in [-0.05, 0) is 73.5 Å². The smallest absolute Gasteiger partial charge is 0.271 e. The number of hydrogen-bond donors (Lipinski definition) is 0. The number of imide groups is 1. The monoisotopic (exact) mass is 624 g/mol. The molecular formula is C35H30Cl2N4O3. The molecule has 9 heteroatoms. The van der Waals surface area contributed by atoms with Crippen LogP contribution in [-0.2, 0) is 16.2 Å². The van der Waals surface area contributed by atoms with E-state index >= 15 is 0 Å². The predicted octanol–water partition coefficient (Wildman–Crippen LogP) is 8.21. The standard InChI is InChI=1S/C35H30Cl2N4O3/c1-3-4-8-17-40-34(42)30(23(2)31(20-38)35(40)43)18-26-21-41(28-9-6-5-7-10-28)39-33(26)24-12-15-29(16-13-24)44-22-25-11-14-27(36)19-32(25)37/h5-7,9-16,18-19,21H,3-4,8,17,22H2,1-2H3/b30-18+. The van der Waals surface area contributed by atoms with Crippen LogP contribution in [-0.4, -0.2) is 33.0 Å². The van der Waals surface area contributed by atoms with E-state index in [2.05, 4.69) is 6.92 Å². The molecule has 0 atom stereocenters. The van der Waals surface area contributed by atoms with Gasteiger partial charge in [0.25, 0.3) is 11.8 Å². The van der Waals surface area contributed by atoms with Crippen molar-refractivity contribution in [3.05, 3.63) is 117 Å². The van der Waals surface area contributed by atoms with Crippen LogP contribution in [0.1, 0.15) is 44.2 Å². The normalized spacial score (nSPS) is 14.3. The van der Waals surface area contributed by atoms with Crippen molar-refractivity contribution < 1.29 is 14.3 Å². The lowest BCUT2D eigenvalue weighted by Crippen LogP contribution is -2.43. The van der Waals surface area contributed by atoms with E-state index in [1.165, 1.54) is 4.90 Å². The zero-order valence-electron chi connectivity index (χ0n) is 24.4. The SMILES string of the molecule is CCCCCN1C(=O)C(C#N)=C(C)/C(=C\c2cn(-c3ccccc3)nc2-c2ccc(OCc3ccc(Cl)cc3Cl)cc2)C1=O. The number of rotatable bonds is 10. The highest BCUT2D eigenvalue weighted by atomic mass is 35.5. The summed E-state index contributed by atoms with van der Waals surface area (Å²) in [6, 6.07) is 24.4. The van der Waals surface area contributed by atoms with E-state index in [1.807, 2.05) is 72.9 Å². The molecule has 0 N–H and O–H groups in total. The number of halogens is 2. The fourth-order valence-electron chi connectivity index (χ4n) is 4.95. The second-order valence-electron chi connectivity index (χ2n) is 10.4. The number of hydrogen-bond acceptors (Lipinski definition) is 5. The second-order valence-corrected chi connectivity index (χ2v) is 11.2. The first-order valence-corrected chi connectivity index (χ1v) is 15.1. The Bertz CT molecular complexity index is 1800. The molecule has 0 saturated carbocycles. The van der Waals surface area contributed by atoms with Crippen molar-refractivity contribution in [1.29, 1.82) is 5.26 Å². The molecule has 0 bridgehead atoms. The van der Waals surface area contributed by atoms with E-state index < -0.39 is 11.8 Å². The number of aromatic nitrogens is 2. The molecule has 44 heavy (non-hydrogen) atoms. The molecule has 5 rings (SSSR count). The largest absolute Gasteiger partial charge is 0.489 e. The van der Waals surface area contributed by atoms with E-state index in [0.29, 0.717) is 44.6 Å². The molecule has 7 nitrogen and oxygen atoms in total. The van der Waals surface area contributed by atoms with Crippen molar-refractivity contribution in [3.63, 3.8) is 0 Å². The summed E-state index contributed by atoms with van der Waals surface area (Å²) < 4.78 is 7.71. The Morgan fingerprint density at radius 3 is 2.41 bits per heavy atom. The molecule has 3 aromatic carbocycles. The summed E-state index contributed by atoms with van der Waals surface area (Å²) in [6.45, 7) is 4.23. The van der Waals surface area contributed by atoms with Gasteiger partial charge in [0.1, 0.15) is 24.0 Å². The first-order valence-electron chi connectivity index (χ1n) is 14.3. The Balaban J connectivity index is 1.52. The fourth-order valence-corrected chi connectivity index (χ4v) is 5.41. The van der Waals surface area contributed by atoms with Crippen LogP contribution in [0.5, 0.6) is 5.75 Å². The molecule has 222 valence electrons. The molecule has 0 fully saturated rings. The molecule has 0 spiro atoms. The van der Waals surface area contributed by atoms with Crippen LogP contribution < -0.4 is 4.74 Å². The average Bonchev–Trinajstić information content (AvgIpc) is 3.45. The highest BCUT2D eigenvalue weighted by Crippen LogP contribution is 2.32. The van der Waals surface area contributed by atoms with Gasteiger partial charge in [-0.25, -0.2) is 4.68 Å².